The Morgan fingerprint density at radius 1 is 1.00 bits per heavy atom. The molecule has 0 bridgehead atoms. The molecule has 0 saturated carbocycles. The molecule has 0 radical (unpaired) electrons. The van der Waals surface area contributed by atoms with Gasteiger partial charge in [0.05, 0.1) is 16.3 Å². The van der Waals surface area contributed by atoms with E-state index in [1.807, 2.05) is 6.07 Å². The van der Waals surface area contributed by atoms with Crippen molar-refractivity contribution in [1.82, 2.24) is 9.78 Å². The number of primary sulfonamides is 1. The fourth-order valence-electron chi connectivity index (χ4n) is 5.02. The van der Waals surface area contributed by atoms with Gasteiger partial charge in [-0.2, -0.15) is 13.5 Å². The van der Waals surface area contributed by atoms with Crippen molar-refractivity contribution in [2.75, 3.05) is 11.4 Å². The van der Waals surface area contributed by atoms with Gasteiger partial charge in [0.1, 0.15) is 16.4 Å². The van der Waals surface area contributed by atoms with Crippen LogP contribution in [-0.4, -0.2) is 44.9 Å². The maximum atomic E-state index is 13.8. The van der Waals surface area contributed by atoms with Crippen molar-refractivity contribution in [2.45, 2.75) is 23.1 Å². The van der Waals surface area contributed by atoms with E-state index >= 15 is 0 Å². The Balaban J connectivity index is 1.36. The summed E-state index contributed by atoms with van der Waals surface area (Å²) in [6, 6.07) is 18.1. The van der Waals surface area contributed by atoms with E-state index in [0.717, 1.165) is 5.56 Å². The van der Waals surface area contributed by atoms with E-state index in [-0.39, 0.29) is 27.1 Å². The molecule has 0 aliphatic carbocycles. The van der Waals surface area contributed by atoms with E-state index in [4.69, 9.17) is 10.9 Å². The van der Waals surface area contributed by atoms with E-state index in [1.54, 1.807) is 60.4 Å². The Hall–Kier alpha value is -4.33. The van der Waals surface area contributed by atoms with Gasteiger partial charge in [-0.25, -0.2) is 18.2 Å². The fourth-order valence-corrected chi connectivity index (χ4v) is 6.92. The minimum absolute atomic E-state index is 0.00814. The number of benzene rings is 3. The smallest absolute Gasteiger partial charge is 0.285 e. The first-order valence-electron chi connectivity index (χ1n) is 11.8. The minimum Gasteiger partial charge on any atom is -0.382 e. The molecule has 0 fully saturated rings. The maximum absolute atomic E-state index is 13.8. The molecule has 6 rings (SSSR count). The summed E-state index contributed by atoms with van der Waals surface area (Å²) in [7, 11) is -7.76. The summed E-state index contributed by atoms with van der Waals surface area (Å²) in [5.41, 5.74) is 10.2. The topological polar surface area (TPSA) is 171 Å². The third kappa shape index (κ3) is 4.11. The predicted octanol–water partition coefficient (Wildman–Crippen LogP) is 2.11. The monoisotopic (exact) mass is 562 g/mol. The number of nitrogens with two attached hydrogens (primary N) is 2. The Morgan fingerprint density at radius 2 is 1.77 bits per heavy atom. The molecule has 198 valence electrons. The summed E-state index contributed by atoms with van der Waals surface area (Å²) in [5.74, 6) is -0.404. The minimum atomic E-state index is -3.92. The lowest BCUT2D eigenvalue weighted by Gasteiger charge is -2.19. The highest BCUT2D eigenvalue weighted by Gasteiger charge is 2.31. The highest BCUT2D eigenvalue weighted by atomic mass is 32.2. The molecule has 13 heteroatoms. The van der Waals surface area contributed by atoms with E-state index in [9.17, 15) is 21.6 Å². The van der Waals surface area contributed by atoms with Gasteiger partial charge in [0.25, 0.3) is 15.9 Å². The highest BCUT2D eigenvalue weighted by Crippen LogP contribution is 2.36. The Morgan fingerprint density at radius 3 is 2.54 bits per heavy atom. The van der Waals surface area contributed by atoms with Gasteiger partial charge < -0.3 is 10.6 Å². The van der Waals surface area contributed by atoms with E-state index in [2.05, 4.69) is 9.50 Å². The average molecular weight is 563 g/mol. The summed E-state index contributed by atoms with van der Waals surface area (Å²) in [4.78, 5) is 15.5. The fraction of sp³-hybridized carbons (Fsp3) is 0.115. The van der Waals surface area contributed by atoms with Crippen LogP contribution in [0.4, 0.5) is 5.69 Å². The van der Waals surface area contributed by atoms with Crippen LogP contribution in [0.15, 0.2) is 80.9 Å². The Labute approximate surface area is 224 Å². The first-order chi connectivity index (χ1) is 18.4. The molecule has 2 aliphatic rings. The van der Waals surface area contributed by atoms with Crippen LogP contribution in [0, 0.1) is 6.92 Å². The molecule has 0 unspecified atom stereocenters. The van der Waals surface area contributed by atoms with Crippen molar-refractivity contribution in [3.8, 4) is 16.8 Å². The molecular formula is C26H22N6O5S2. The van der Waals surface area contributed by atoms with E-state index in [1.165, 1.54) is 16.8 Å². The summed E-state index contributed by atoms with van der Waals surface area (Å²) in [6.45, 7) is 2.18. The van der Waals surface area contributed by atoms with Crippen molar-refractivity contribution >= 4 is 37.5 Å². The second-order valence-electron chi connectivity index (χ2n) is 9.31. The number of rotatable bonds is 4. The Kier molecular flexibility index (Phi) is 5.50. The molecular weight excluding hydrogens is 540 g/mol. The van der Waals surface area contributed by atoms with Gasteiger partial charge in [0.2, 0.25) is 10.0 Å². The van der Waals surface area contributed by atoms with Crippen LogP contribution in [0.1, 0.15) is 27.3 Å². The number of amidine groups is 1. The average Bonchev–Trinajstić information content (AvgIpc) is 3.56. The first kappa shape index (κ1) is 25.0. The van der Waals surface area contributed by atoms with Crippen molar-refractivity contribution in [2.24, 2.45) is 15.3 Å². The van der Waals surface area contributed by atoms with Crippen LogP contribution in [0.3, 0.4) is 0 Å². The summed E-state index contributed by atoms with van der Waals surface area (Å²) in [5, 5.41) is 9.89. The molecule has 1 amide bonds. The van der Waals surface area contributed by atoms with Crippen LogP contribution in [-0.2, 0) is 26.5 Å². The normalized spacial score (nSPS) is 15.6. The number of carbonyl (C=O) groups is 1. The number of aryl methyl sites for hydroxylation is 1. The van der Waals surface area contributed by atoms with Gasteiger partial charge in [0, 0.05) is 23.4 Å². The lowest BCUT2D eigenvalue weighted by molar-refractivity contribution is 0.0982. The zero-order valence-corrected chi connectivity index (χ0v) is 22.2. The molecule has 0 spiro atoms. The number of aromatic nitrogens is 2. The molecule has 4 N–H and O–H groups in total. The second-order valence-corrected chi connectivity index (χ2v) is 12.4. The lowest BCUT2D eigenvalue weighted by atomic mass is 10.0. The zero-order chi connectivity index (χ0) is 27.7. The number of nitrogens with zero attached hydrogens (tertiary/aromatic N) is 4. The summed E-state index contributed by atoms with van der Waals surface area (Å²) >= 11 is 0. The van der Waals surface area contributed by atoms with Gasteiger partial charge >= 0.3 is 0 Å². The SMILES string of the molecule is Cc1cc(C(=O)N2CCc3cc(-c4ccccc4S(N)(=O)=O)ccc32)n(-c2ccc3c(c2)C(N)=NS3(=O)=O)n1. The predicted molar refractivity (Wildman–Crippen MR) is 145 cm³/mol. The molecule has 4 aromatic rings. The number of anilines is 1. The number of carbonyl (C=O) groups excluding carboxylic acids is 1. The number of hydrogen-bond acceptors (Lipinski definition) is 7. The number of hydrogen-bond donors (Lipinski definition) is 2. The third-order valence-corrected chi connectivity index (χ3v) is 9.07. The van der Waals surface area contributed by atoms with E-state index < -0.39 is 20.0 Å². The molecule has 2 aliphatic heterocycles. The van der Waals surface area contributed by atoms with Gasteiger partial charge in [-0.3, -0.25) is 4.79 Å². The van der Waals surface area contributed by atoms with E-state index in [0.29, 0.717) is 46.9 Å². The maximum Gasteiger partial charge on any atom is 0.285 e. The van der Waals surface area contributed by atoms with Crippen molar-refractivity contribution in [1.29, 1.82) is 0 Å². The largest absolute Gasteiger partial charge is 0.382 e. The zero-order valence-electron chi connectivity index (χ0n) is 20.6. The number of fused-ring (bicyclic) bond motifs is 2. The van der Waals surface area contributed by atoms with Gasteiger partial charge in [-0.15, -0.1) is 4.40 Å². The number of sulfonamides is 2. The van der Waals surface area contributed by atoms with Crippen LogP contribution >= 0.6 is 0 Å². The quantitative estimate of drug-likeness (QED) is 0.383. The Bertz CT molecular complexity index is 1960. The molecule has 11 nitrogen and oxygen atoms in total. The summed E-state index contributed by atoms with van der Waals surface area (Å²) < 4.78 is 53.6. The van der Waals surface area contributed by atoms with Crippen LogP contribution in [0.2, 0.25) is 0 Å². The first-order valence-corrected chi connectivity index (χ1v) is 14.8. The molecule has 0 saturated heterocycles. The van der Waals surface area contributed by atoms with Crippen molar-refractivity contribution in [3.63, 3.8) is 0 Å². The third-order valence-electron chi connectivity index (χ3n) is 6.76. The van der Waals surface area contributed by atoms with Crippen LogP contribution < -0.4 is 15.8 Å². The molecule has 3 heterocycles. The molecule has 0 atom stereocenters. The lowest BCUT2D eigenvalue weighted by Crippen LogP contribution is -2.30. The molecule has 1 aromatic heterocycles. The standard InChI is InChI=1S/C26H22N6O5S2/c1-15-12-22(32(29-15)18-7-9-24-20(14-18)25(27)30-39(24,36)37)26(33)31-11-10-17-13-16(6-8-21(17)31)19-4-2-3-5-23(19)38(28,34)35/h2-9,12-14H,10-11H2,1H3,(H2,27,30)(H2,28,34,35). The summed E-state index contributed by atoms with van der Waals surface area (Å²) in [6.07, 6.45) is 0.573. The number of amides is 1. The van der Waals surface area contributed by atoms with Crippen LogP contribution in [0.5, 0.6) is 0 Å². The van der Waals surface area contributed by atoms with Gasteiger partial charge in [-0.1, -0.05) is 24.3 Å². The molecule has 3 aromatic carbocycles. The van der Waals surface area contributed by atoms with Gasteiger partial charge in [0.15, 0.2) is 0 Å². The second kappa shape index (κ2) is 8.59. The highest BCUT2D eigenvalue weighted by molar-refractivity contribution is 7.90. The van der Waals surface area contributed by atoms with Crippen molar-refractivity contribution < 1.29 is 21.6 Å². The van der Waals surface area contributed by atoms with Crippen molar-refractivity contribution in [3.05, 3.63) is 89.2 Å². The molecule has 39 heavy (non-hydrogen) atoms. The van der Waals surface area contributed by atoms with Gasteiger partial charge in [-0.05, 0) is 66.9 Å². The van der Waals surface area contributed by atoms with Crippen LogP contribution in [0.25, 0.3) is 16.8 Å².